The second-order valence-electron chi connectivity index (χ2n) is 9.01. The monoisotopic (exact) mass is 462 g/mol. The number of carbonyl (C=O) groups is 1. The highest BCUT2D eigenvalue weighted by molar-refractivity contribution is 5.91. The first-order valence-corrected chi connectivity index (χ1v) is 11.6. The first-order chi connectivity index (χ1) is 16.3. The van der Waals surface area contributed by atoms with Crippen LogP contribution in [0, 0.1) is 6.92 Å². The van der Waals surface area contributed by atoms with Gasteiger partial charge in [0.1, 0.15) is 0 Å². The molecule has 1 unspecified atom stereocenters. The molecule has 2 heterocycles. The molecule has 4 rings (SSSR count). The van der Waals surface area contributed by atoms with Gasteiger partial charge in [-0.25, -0.2) is 4.79 Å². The Labute approximate surface area is 198 Å². The maximum Gasteiger partial charge on any atom is 0.352 e. The van der Waals surface area contributed by atoms with Crippen LogP contribution < -0.4 is 16.6 Å². The molecule has 0 radical (unpaired) electrons. The van der Waals surface area contributed by atoms with Crippen molar-refractivity contribution >= 4 is 5.91 Å². The van der Waals surface area contributed by atoms with Gasteiger partial charge in [-0.1, -0.05) is 55.8 Å². The molecule has 0 bridgehead atoms. The highest BCUT2D eigenvalue weighted by Gasteiger charge is 2.23. The van der Waals surface area contributed by atoms with Crippen LogP contribution in [0.4, 0.5) is 0 Å². The smallest absolute Gasteiger partial charge is 0.352 e. The van der Waals surface area contributed by atoms with Crippen molar-refractivity contribution in [3.05, 3.63) is 91.8 Å². The Morgan fingerprint density at radius 1 is 1.18 bits per heavy atom. The molecule has 0 aliphatic carbocycles. The Morgan fingerprint density at radius 3 is 2.59 bits per heavy atom. The average Bonchev–Trinajstić information content (AvgIpc) is 3.34. The molecule has 1 saturated heterocycles. The number of hydrogen-bond acceptors (Lipinski definition) is 5. The van der Waals surface area contributed by atoms with Crippen LogP contribution in [0.1, 0.15) is 59.8 Å². The molecule has 1 amide bonds. The van der Waals surface area contributed by atoms with Crippen LogP contribution in [0.2, 0.25) is 0 Å². The summed E-state index contributed by atoms with van der Waals surface area (Å²) in [6, 6.07) is 15.0. The molecule has 8 heteroatoms. The normalized spacial score (nSPS) is 15.6. The summed E-state index contributed by atoms with van der Waals surface area (Å²) in [5.41, 5.74) is 1.76. The number of nitrogens with one attached hydrogen (secondary N) is 1. The van der Waals surface area contributed by atoms with Gasteiger partial charge in [0.2, 0.25) is 5.69 Å². The zero-order valence-electron chi connectivity index (χ0n) is 19.8. The molecular weight excluding hydrogens is 432 g/mol. The fourth-order valence-corrected chi connectivity index (χ4v) is 4.05. The summed E-state index contributed by atoms with van der Waals surface area (Å²) in [7, 11) is 0. The van der Waals surface area contributed by atoms with E-state index in [4.69, 9.17) is 4.74 Å². The quantitative estimate of drug-likeness (QED) is 0.583. The van der Waals surface area contributed by atoms with E-state index >= 15 is 0 Å². The Morgan fingerprint density at radius 2 is 1.94 bits per heavy atom. The second kappa shape index (κ2) is 10.2. The van der Waals surface area contributed by atoms with Crippen LogP contribution in [0.25, 0.3) is 5.69 Å². The molecule has 2 aromatic carbocycles. The zero-order valence-corrected chi connectivity index (χ0v) is 19.8. The van der Waals surface area contributed by atoms with Gasteiger partial charge in [-0.15, -0.1) is 0 Å². The van der Waals surface area contributed by atoms with E-state index in [9.17, 15) is 14.4 Å². The van der Waals surface area contributed by atoms with Gasteiger partial charge in [0, 0.05) is 13.2 Å². The molecule has 1 N–H and O–H groups in total. The van der Waals surface area contributed by atoms with Gasteiger partial charge in [-0.2, -0.15) is 9.78 Å². The van der Waals surface area contributed by atoms with Crippen molar-refractivity contribution in [2.45, 2.75) is 52.2 Å². The van der Waals surface area contributed by atoms with E-state index in [2.05, 4.69) is 24.3 Å². The Hall–Kier alpha value is -3.52. The lowest BCUT2D eigenvalue weighted by atomic mass is 10.0. The molecule has 0 spiro atoms. The number of benzene rings is 2. The third-order valence-electron chi connectivity index (χ3n) is 6.02. The SMILES string of the molecule is Cc1cccc(Cn2c(=O)c(C(=O)NCC3CCCO3)nn(-c3ccc(C(C)C)cc3)c2=O)c1. The summed E-state index contributed by atoms with van der Waals surface area (Å²) in [4.78, 5) is 39.6. The van der Waals surface area contributed by atoms with E-state index in [1.54, 1.807) is 12.1 Å². The number of amides is 1. The van der Waals surface area contributed by atoms with Crippen molar-refractivity contribution in [3.63, 3.8) is 0 Å². The number of carbonyl (C=O) groups excluding carboxylic acids is 1. The van der Waals surface area contributed by atoms with Crippen molar-refractivity contribution in [2.24, 2.45) is 0 Å². The van der Waals surface area contributed by atoms with Crippen molar-refractivity contribution in [1.82, 2.24) is 19.7 Å². The van der Waals surface area contributed by atoms with Crippen LogP contribution >= 0.6 is 0 Å². The first kappa shape index (κ1) is 23.6. The fraction of sp³-hybridized carbons (Fsp3) is 0.385. The predicted molar refractivity (Wildman–Crippen MR) is 130 cm³/mol. The molecule has 3 aromatic rings. The van der Waals surface area contributed by atoms with Crippen LogP contribution in [-0.4, -0.2) is 39.5 Å². The third kappa shape index (κ3) is 5.17. The van der Waals surface area contributed by atoms with Crippen LogP contribution in [0.15, 0.2) is 58.1 Å². The molecule has 1 aliphatic heterocycles. The number of aromatic nitrogens is 3. The lowest BCUT2D eigenvalue weighted by Crippen LogP contribution is -2.46. The van der Waals surface area contributed by atoms with E-state index in [1.165, 1.54) is 0 Å². The van der Waals surface area contributed by atoms with E-state index in [0.717, 1.165) is 38.8 Å². The Bertz CT molecular complexity index is 1290. The van der Waals surface area contributed by atoms with E-state index in [-0.39, 0.29) is 18.3 Å². The second-order valence-corrected chi connectivity index (χ2v) is 9.01. The molecule has 1 fully saturated rings. The van der Waals surface area contributed by atoms with Gasteiger partial charge in [-0.05, 0) is 48.9 Å². The number of rotatable bonds is 7. The third-order valence-corrected chi connectivity index (χ3v) is 6.02. The maximum absolute atomic E-state index is 13.4. The number of hydrogen-bond donors (Lipinski definition) is 1. The summed E-state index contributed by atoms with van der Waals surface area (Å²) < 4.78 is 7.75. The molecule has 178 valence electrons. The summed E-state index contributed by atoms with van der Waals surface area (Å²) >= 11 is 0. The molecule has 1 atom stereocenters. The number of nitrogens with zero attached hydrogens (tertiary/aromatic N) is 3. The fourth-order valence-electron chi connectivity index (χ4n) is 4.05. The van der Waals surface area contributed by atoms with Gasteiger partial charge in [0.05, 0.1) is 18.3 Å². The summed E-state index contributed by atoms with van der Waals surface area (Å²) in [5, 5.41) is 6.95. The minimum Gasteiger partial charge on any atom is -0.376 e. The lowest BCUT2D eigenvalue weighted by molar-refractivity contribution is 0.0849. The molecule has 1 aliphatic rings. The number of aryl methyl sites for hydroxylation is 1. The first-order valence-electron chi connectivity index (χ1n) is 11.6. The minimum absolute atomic E-state index is 0.0396. The van der Waals surface area contributed by atoms with Gasteiger partial charge in [-0.3, -0.25) is 14.2 Å². The van der Waals surface area contributed by atoms with Crippen LogP contribution in [-0.2, 0) is 11.3 Å². The Kier molecular flexibility index (Phi) is 7.07. The summed E-state index contributed by atoms with van der Waals surface area (Å²) in [6.45, 7) is 7.10. The minimum atomic E-state index is -0.716. The predicted octanol–water partition coefficient (Wildman–Crippen LogP) is 2.78. The Balaban J connectivity index is 1.76. The summed E-state index contributed by atoms with van der Waals surface area (Å²) in [6.07, 6.45) is 1.72. The van der Waals surface area contributed by atoms with Crippen molar-refractivity contribution in [1.29, 1.82) is 0 Å². The standard InChI is InChI=1S/C26H30N4O4/c1-17(2)20-9-11-21(12-10-20)30-26(33)29(16-19-7-4-6-18(3)14-19)25(32)23(28-30)24(31)27-15-22-8-5-13-34-22/h4,6-7,9-12,14,17,22H,5,8,13,15-16H2,1-3H3,(H,27,31). The van der Waals surface area contributed by atoms with Gasteiger partial charge >= 0.3 is 5.69 Å². The van der Waals surface area contributed by atoms with Gasteiger partial charge in [0.25, 0.3) is 11.5 Å². The topological polar surface area (TPSA) is 95.2 Å². The van der Waals surface area contributed by atoms with Gasteiger partial charge in [0.15, 0.2) is 0 Å². The highest BCUT2D eigenvalue weighted by atomic mass is 16.5. The van der Waals surface area contributed by atoms with E-state index in [1.807, 2.05) is 43.3 Å². The molecular formula is C26H30N4O4. The molecule has 8 nitrogen and oxygen atoms in total. The van der Waals surface area contributed by atoms with Crippen molar-refractivity contribution in [3.8, 4) is 5.69 Å². The maximum atomic E-state index is 13.4. The largest absolute Gasteiger partial charge is 0.376 e. The number of ether oxygens (including phenoxy) is 1. The van der Waals surface area contributed by atoms with Gasteiger partial charge < -0.3 is 10.1 Å². The average molecular weight is 463 g/mol. The highest BCUT2D eigenvalue weighted by Crippen LogP contribution is 2.16. The molecule has 34 heavy (non-hydrogen) atoms. The molecule has 1 aromatic heterocycles. The zero-order chi connectivity index (χ0) is 24.2. The molecule has 0 saturated carbocycles. The summed E-state index contributed by atoms with van der Waals surface area (Å²) in [5.74, 6) is -0.292. The van der Waals surface area contributed by atoms with Crippen LogP contribution in [0.3, 0.4) is 0 Å². The lowest BCUT2D eigenvalue weighted by Gasteiger charge is -2.14. The van der Waals surface area contributed by atoms with Crippen LogP contribution in [0.5, 0.6) is 0 Å². The van der Waals surface area contributed by atoms with Crippen molar-refractivity contribution < 1.29 is 9.53 Å². The van der Waals surface area contributed by atoms with E-state index in [0.29, 0.717) is 24.8 Å². The van der Waals surface area contributed by atoms with E-state index < -0.39 is 17.2 Å². The van der Waals surface area contributed by atoms with Crippen molar-refractivity contribution in [2.75, 3.05) is 13.2 Å².